The lowest BCUT2D eigenvalue weighted by atomic mass is 10.1. The van der Waals surface area contributed by atoms with Gasteiger partial charge in [0.25, 0.3) is 0 Å². The summed E-state index contributed by atoms with van der Waals surface area (Å²) in [6.07, 6.45) is 0. The highest BCUT2D eigenvalue weighted by molar-refractivity contribution is 5.95. The quantitative estimate of drug-likeness (QED) is 0.731. The molecule has 0 fully saturated rings. The van der Waals surface area contributed by atoms with Crippen molar-refractivity contribution in [2.24, 2.45) is 0 Å². The maximum absolute atomic E-state index is 11.6. The second kappa shape index (κ2) is 5.47. The molecule has 1 aromatic rings. The highest BCUT2D eigenvalue weighted by Gasteiger charge is 2.15. The number of H-pyrrole nitrogens is 1. The van der Waals surface area contributed by atoms with Crippen LogP contribution in [0, 0.1) is 0 Å². The minimum Gasteiger partial charge on any atom is -0.345 e. The van der Waals surface area contributed by atoms with Crippen LogP contribution >= 0.6 is 0 Å². The van der Waals surface area contributed by atoms with Crippen molar-refractivity contribution >= 4 is 17.6 Å². The van der Waals surface area contributed by atoms with E-state index in [1.807, 2.05) is 13.8 Å². The number of anilines is 1. The van der Waals surface area contributed by atoms with E-state index < -0.39 is 6.04 Å². The molecule has 6 nitrogen and oxygen atoms in total. The van der Waals surface area contributed by atoms with E-state index in [2.05, 4.69) is 20.8 Å². The second-order valence-electron chi connectivity index (χ2n) is 4.27. The third-order valence-electron chi connectivity index (χ3n) is 2.28. The molecule has 1 rings (SSSR count). The smallest absolute Gasteiger partial charge is 0.247 e. The average molecular weight is 238 g/mol. The number of carbonyl (C=O) groups excluding carboxylic acids is 2. The van der Waals surface area contributed by atoms with Crippen molar-refractivity contribution in [1.82, 2.24) is 15.5 Å². The molecule has 1 atom stereocenters. The Labute approximate surface area is 100 Å². The molecule has 0 aliphatic heterocycles. The van der Waals surface area contributed by atoms with E-state index in [1.165, 1.54) is 6.92 Å². The zero-order valence-electron chi connectivity index (χ0n) is 10.5. The number of nitrogens with one attached hydrogen (secondary N) is 3. The summed E-state index contributed by atoms with van der Waals surface area (Å²) >= 11 is 0. The molecule has 0 aliphatic rings. The molecule has 3 N–H and O–H groups in total. The van der Waals surface area contributed by atoms with Crippen molar-refractivity contribution in [3.8, 4) is 0 Å². The fourth-order valence-electron chi connectivity index (χ4n) is 1.30. The van der Waals surface area contributed by atoms with Gasteiger partial charge in [-0.2, -0.15) is 5.10 Å². The third-order valence-corrected chi connectivity index (χ3v) is 2.28. The number of amides is 2. The van der Waals surface area contributed by atoms with Gasteiger partial charge in [-0.3, -0.25) is 14.7 Å². The van der Waals surface area contributed by atoms with Gasteiger partial charge in [0.2, 0.25) is 11.8 Å². The Bertz CT molecular complexity index is 411. The van der Waals surface area contributed by atoms with E-state index in [4.69, 9.17) is 0 Å². The van der Waals surface area contributed by atoms with Gasteiger partial charge in [0.05, 0.1) is 0 Å². The molecule has 0 radical (unpaired) electrons. The van der Waals surface area contributed by atoms with Crippen molar-refractivity contribution in [2.45, 2.75) is 39.7 Å². The van der Waals surface area contributed by atoms with Crippen LogP contribution in [-0.2, 0) is 9.59 Å². The molecule has 0 spiro atoms. The van der Waals surface area contributed by atoms with Gasteiger partial charge < -0.3 is 10.6 Å². The van der Waals surface area contributed by atoms with Gasteiger partial charge in [0.15, 0.2) is 5.82 Å². The monoisotopic (exact) mass is 238 g/mol. The van der Waals surface area contributed by atoms with Gasteiger partial charge in [0.1, 0.15) is 6.04 Å². The molecule has 17 heavy (non-hydrogen) atoms. The van der Waals surface area contributed by atoms with Crippen molar-refractivity contribution < 1.29 is 9.59 Å². The van der Waals surface area contributed by atoms with Crippen LogP contribution in [0.25, 0.3) is 0 Å². The molecule has 0 saturated carbocycles. The fourth-order valence-corrected chi connectivity index (χ4v) is 1.30. The second-order valence-corrected chi connectivity index (χ2v) is 4.27. The number of aromatic nitrogens is 2. The molecule has 0 saturated heterocycles. The molecule has 2 amide bonds. The first-order valence-corrected chi connectivity index (χ1v) is 5.53. The van der Waals surface area contributed by atoms with Crippen molar-refractivity contribution in [3.63, 3.8) is 0 Å². The Morgan fingerprint density at radius 1 is 1.35 bits per heavy atom. The Kier molecular flexibility index (Phi) is 4.25. The number of nitrogens with zero attached hydrogens (tertiary/aromatic N) is 1. The van der Waals surface area contributed by atoms with Crippen LogP contribution < -0.4 is 10.6 Å². The number of aromatic amines is 1. The Hall–Kier alpha value is -1.85. The van der Waals surface area contributed by atoms with E-state index in [-0.39, 0.29) is 11.8 Å². The number of hydrogen-bond acceptors (Lipinski definition) is 3. The summed E-state index contributed by atoms with van der Waals surface area (Å²) in [6.45, 7) is 7.04. The van der Waals surface area contributed by atoms with Crippen molar-refractivity contribution in [3.05, 3.63) is 11.8 Å². The van der Waals surface area contributed by atoms with Crippen LogP contribution in [0.15, 0.2) is 6.07 Å². The molecule has 0 aromatic carbocycles. The van der Waals surface area contributed by atoms with Crippen LogP contribution in [0.3, 0.4) is 0 Å². The topological polar surface area (TPSA) is 86.9 Å². The first-order valence-electron chi connectivity index (χ1n) is 5.53. The lowest BCUT2D eigenvalue weighted by molar-refractivity contribution is -0.124. The van der Waals surface area contributed by atoms with Crippen LogP contribution in [0.4, 0.5) is 5.82 Å². The van der Waals surface area contributed by atoms with Crippen molar-refractivity contribution in [2.75, 3.05) is 5.32 Å². The zero-order valence-corrected chi connectivity index (χ0v) is 10.5. The minimum atomic E-state index is -0.577. The highest BCUT2D eigenvalue weighted by Crippen LogP contribution is 2.14. The predicted octanol–water partition coefficient (Wildman–Crippen LogP) is 0.996. The summed E-state index contributed by atoms with van der Waals surface area (Å²) in [6, 6.07) is 1.20. The number of rotatable bonds is 4. The average Bonchev–Trinajstić information content (AvgIpc) is 2.65. The minimum absolute atomic E-state index is 0.238. The third kappa shape index (κ3) is 3.90. The van der Waals surface area contributed by atoms with Gasteiger partial charge in [0, 0.05) is 18.7 Å². The largest absolute Gasteiger partial charge is 0.345 e. The van der Waals surface area contributed by atoms with Gasteiger partial charge in [-0.25, -0.2) is 0 Å². The van der Waals surface area contributed by atoms with E-state index in [0.717, 1.165) is 5.69 Å². The number of carbonyl (C=O) groups is 2. The van der Waals surface area contributed by atoms with Crippen LogP contribution in [0.1, 0.15) is 39.3 Å². The summed E-state index contributed by atoms with van der Waals surface area (Å²) < 4.78 is 0. The van der Waals surface area contributed by atoms with Gasteiger partial charge in [-0.05, 0) is 12.8 Å². The molecule has 1 unspecified atom stereocenters. The maximum atomic E-state index is 11.6. The summed E-state index contributed by atoms with van der Waals surface area (Å²) in [7, 11) is 0. The molecule has 1 heterocycles. The van der Waals surface area contributed by atoms with Crippen LogP contribution in [-0.4, -0.2) is 28.1 Å². The molecule has 6 heteroatoms. The molecule has 0 aliphatic carbocycles. The first-order chi connectivity index (χ1) is 7.90. The zero-order chi connectivity index (χ0) is 13.0. The first kappa shape index (κ1) is 13.2. The van der Waals surface area contributed by atoms with Crippen molar-refractivity contribution in [1.29, 1.82) is 0 Å². The summed E-state index contributed by atoms with van der Waals surface area (Å²) in [5.41, 5.74) is 0.951. The molecular weight excluding hydrogens is 220 g/mol. The maximum Gasteiger partial charge on any atom is 0.247 e. The highest BCUT2D eigenvalue weighted by atomic mass is 16.2. The van der Waals surface area contributed by atoms with E-state index in [9.17, 15) is 9.59 Å². The Balaban J connectivity index is 2.58. The summed E-state index contributed by atoms with van der Waals surface area (Å²) in [4.78, 5) is 22.4. The lowest BCUT2D eigenvalue weighted by Crippen LogP contribution is -2.40. The van der Waals surface area contributed by atoms with Gasteiger partial charge in [-0.1, -0.05) is 13.8 Å². The normalized spacial score (nSPS) is 12.3. The molecule has 0 bridgehead atoms. The summed E-state index contributed by atoms with van der Waals surface area (Å²) in [5.74, 6) is 0.261. The molecule has 94 valence electrons. The van der Waals surface area contributed by atoms with E-state index in [1.54, 1.807) is 13.0 Å². The number of hydrogen-bond donors (Lipinski definition) is 3. The molecule has 1 aromatic heterocycles. The van der Waals surface area contributed by atoms with Gasteiger partial charge in [-0.15, -0.1) is 0 Å². The van der Waals surface area contributed by atoms with E-state index >= 15 is 0 Å². The predicted molar refractivity (Wildman–Crippen MR) is 64.6 cm³/mol. The van der Waals surface area contributed by atoms with E-state index in [0.29, 0.717) is 11.7 Å². The van der Waals surface area contributed by atoms with Gasteiger partial charge >= 0.3 is 0 Å². The standard InChI is InChI=1S/C11H18N4O2/c1-6(2)9-5-10(15-14-9)13-11(17)7(3)12-8(4)16/h5-7H,1-4H3,(H,12,16)(H2,13,14,15,17). The lowest BCUT2D eigenvalue weighted by Gasteiger charge is -2.10. The summed E-state index contributed by atoms with van der Waals surface area (Å²) in [5, 5.41) is 11.9. The Morgan fingerprint density at radius 3 is 2.47 bits per heavy atom. The SMILES string of the molecule is CC(=O)NC(C)C(=O)Nc1cc(C(C)C)[nH]n1. The van der Waals surface area contributed by atoms with Crippen LogP contribution in [0.5, 0.6) is 0 Å². The van der Waals surface area contributed by atoms with Crippen LogP contribution in [0.2, 0.25) is 0 Å². The Morgan fingerprint density at radius 2 is 2.00 bits per heavy atom. The molecular formula is C11H18N4O2. The fraction of sp³-hybridized carbons (Fsp3) is 0.545.